The summed E-state index contributed by atoms with van der Waals surface area (Å²) in [7, 11) is 1.04. The lowest BCUT2D eigenvalue weighted by atomic mass is 9.93. The first-order valence-corrected chi connectivity index (χ1v) is 9.26. The minimum Gasteiger partial charge on any atom is -0.380 e. The van der Waals surface area contributed by atoms with Crippen LogP contribution >= 0.6 is 15.9 Å². The second kappa shape index (κ2) is 5.68. The van der Waals surface area contributed by atoms with Gasteiger partial charge >= 0.3 is 0 Å². The summed E-state index contributed by atoms with van der Waals surface area (Å²) in [4.78, 5) is 0. The molecule has 1 aromatic heterocycles. The van der Waals surface area contributed by atoms with Gasteiger partial charge in [-0.25, -0.2) is 0 Å². The third-order valence-electron chi connectivity index (χ3n) is 4.16. The van der Waals surface area contributed by atoms with Gasteiger partial charge in [0, 0.05) is 21.1 Å². The number of fused-ring (bicyclic) bond motifs is 1. The van der Waals surface area contributed by atoms with Crippen LogP contribution in [0.2, 0.25) is 0 Å². The van der Waals surface area contributed by atoms with Crippen LogP contribution in [-0.2, 0) is 0 Å². The van der Waals surface area contributed by atoms with E-state index in [0.29, 0.717) is 17.8 Å². The normalized spacial score (nSPS) is 12.5. The first-order chi connectivity index (χ1) is 9.27. The van der Waals surface area contributed by atoms with E-state index in [9.17, 15) is 0 Å². The average Bonchev–Trinajstić information content (AvgIpc) is 2.64. The fourth-order valence-electron chi connectivity index (χ4n) is 3.28. The van der Waals surface area contributed by atoms with Gasteiger partial charge < -0.3 is 4.23 Å². The molecule has 3 heteroatoms. The highest BCUT2D eigenvalue weighted by Crippen LogP contribution is 2.41. The van der Waals surface area contributed by atoms with Crippen LogP contribution in [0.25, 0.3) is 10.9 Å². The van der Waals surface area contributed by atoms with Gasteiger partial charge in [0.25, 0.3) is 0 Å². The maximum absolute atomic E-state index is 3.90. The molecule has 0 fully saturated rings. The van der Waals surface area contributed by atoms with Crippen LogP contribution in [0, 0.1) is 0 Å². The van der Waals surface area contributed by atoms with Gasteiger partial charge in [0.2, 0.25) is 0 Å². The summed E-state index contributed by atoms with van der Waals surface area (Å²) in [5, 5.41) is 1.45. The van der Waals surface area contributed by atoms with Gasteiger partial charge in [-0.15, -0.1) is 0 Å². The van der Waals surface area contributed by atoms with E-state index in [2.05, 4.69) is 73.8 Å². The number of rotatable bonds is 3. The molecule has 0 radical (unpaired) electrons. The van der Waals surface area contributed by atoms with Crippen molar-refractivity contribution in [2.24, 2.45) is 0 Å². The Hall–Kier alpha value is -0.543. The minimum absolute atomic E-state index is 0.550. The molecule has 2 aromatic rings. The van der Waals surface area contributed by atoms with Crippen molar-refractivity contribution in [1.29, 1.82) is 0 Å². The van der Waals surface area contributed by atoms with Crippen LogP contribution in [0.1, 0.15) is 76.1 Å². The summed E-state index contributed by atoms with van der Waals surface area (Å²) in [6, 6.07) is 4.61. The fourth-order valence-corrected chi connectivity index (χ4v) is 5.42. The highest BCUT2D eigenvalue weighted by molar-refractivity contribution is 9.10. The molecule has 1 heterocycles. The van der Waals surface area contributed by atoms with Crippen molar-refractivity contribution in [1.82, 2.24) is 4.23 Å². The molecule has 0 N–H and O–H groups in total. The number of hydrogen-bond donors (Lipinski definition) is 0. The van der Waals surface area contributed by atoms with Gasteiger partial charge in [-0.1, -0.05) is 47.6 Å². The van der Waals surface area contributed by atoms with Crippen LogP contribution in [0.4, 0.5) is 0 Å². The summed E-state index contributed by atoms with van der Waals surface area (Å²) < 4.78 is 3.83. The Labute approximate surface area is 134 Å². The van der Waals surface area contributed by atoms with Crippen molar-refractivity contribution >= 4 is 37.2 Å². The quantitative estimate of drug-likeness (QED) is 0.692. The molecular weight excluding hydrogens is 326 g/mol. The predicted molar refractivity (Wildman–Crippen MR) is 97.2 cm³/mol. The first kappa shape index (κ1) is 15.8. The van der Waals surface area contributed by atoms with Gasteiger partial charge in [-0.2, -0.15) is 0 Å². The van der Waals surface area contributed by atoms with Crippen molar-refractivity contribution in [2.75, 3.05) is 0 Å². The average molecular weight is 352 g/mol. The molecule has 0 aliphatic carbocycles. The molecule has 0 spiro atoms. The lowest BCUT2D eigenvalue weighted by molar-refractivity contribution is 0.767. The Bertz CT molecular complexity index is 638. The zero-order valence-corrected chi connectivity index (χ0v) is 17.3. The van der Waals surface area contributed by atoms with Crippen molar-refractivity contribution in [3.8, 4) is 0 Å². The number of benzene rings is 1. The number of halogens is 1. The van der Waals surface area contributed by atoms with Gasteiger partial charge in [-0.3, -0.25) is 0 Å². The molecule has 110 valence electrons. The van der Waals surface area contributed by atoms with Crippen molar-refractivity contribution < 1.29 is 0 Å². The topological polar surface area (TPSA) is 4.93 Å². The second-order valence-electron chi connectivity index (χ2n) is 6.68. The summed E-state index contributed by atoms with van der Waals surface area (Å²) in [5.41, 5.74) is 5.89. The van der Waals surface area contributed by atoms with E-state index < -0.39 is 0 Å². The van der Waals surface area contributed by atoms with E-state index in [1.165, 1.54) is 26.6 Å². The molecule has 0 aliphatic heterocycles. The van der Waals surface area contributed by atoms with Gasteiger partial charge in [0.05, 0.1) is 0 Å². The SMILES string of the molecule is CC(C)c1ccc2c(c1Br)c(C(C)C)c(C(C)C)n2[SiH3]. The molecule has 0 aliphatic rings. The maximum Gasteiger partial charge on any atom is 0.113 e. The molecule has 20 heavy (non-hydrogen) atoms. The molecule has 0 saturated carbocycles. The van der Waals surface area contributed by atoms with Gasteiger partial charge in [0.1, 0.15) is 10.4 Å². The number of hydrogen-bond acceptors (Lipinski definition) is 0. The summed E-state index contributed by atoms with van der Waals surface area (Å²) in [5.74, 6) is 1.68. The molecule has 0 saturated heterocycles. The van der Waals surface area contributed by atoms with Gasteiger partial charge in [0.15, 0.2) is 0 Å². The molecule has 0 bridgehead atoms. The van der Waals surface area contributed by atoms with Gasteiger partial charge in [-0.05, 0) is 50.9 Å². The highest BCUT2D eigenvalue weighted by atomic mass is 79.9. The van der Waals surface area contributed by atoms with Crippen LogP contribution in [0.3, 0.4) is 0 Å². The van der Waals surface area contributed by atoms with E-state index in [-0.39, 0.29) is 0 Å². The number of nitrogens with zero attached hydrogens (tertiary/aromatic N) is 1. The Kier molecular flexibility index (Phi) is 4.50. The van der Waals surface area contributed by atoms with Crippen LogP contribution < -0.4 is 0 Å². The standard InChI is InChI=1S/C17H26BrNSi/c1-9(2)12-7-8-13-15(16(12)18)14(10(3)4)17(11(5)6)19(13)20/h7-11H,1-6,20H3. The predicted octanol–water partition coefficient (Wildman–Crippen LogP) is 4.90. The molecule has 0 atom stereocenters. The molecule has 2 rings (SSSR count). The van der Waals surface area contributed by atoms with Crippen molar-refractivity contribution in [3.05, 3.63) is 33.4 Å². The largest absolute Gasteiger partial charge is 0.380 e. The monoisotopic (exact) mass is 351 g/mol. The van der Waals surface area contributed by atoms with E-state index in [1.54, 1.807) is 5.56 Å². The lowest BCUT2D eigenvalue weighted by Gasteiger charge is -2.15. The molecule has 0 unspecified atom stereocenters. The van der Waals surface area contributed by atoms with E-state index in [1.807, 2.05) is 0 Å². The molecular formula is C17H26BrNSi. The Balaban J connectivity index is 2.94. The fraction of sp³-hybridized carbons (Fsp3) is 0.529. The molecule has 1 nitrogen and oxygen atoms in total. The number of aromatic nitrogens is 1. The van der Waals surface area contributed by atoms with E-state index >= 15 is 0 Å². The first-order valence-electron chi connectivity index (χ1n) is 7.57. The third-order valence-corrected chi connectivity index (χ3v) is 5.98. The summed E-state index contributed by atoms with van der Waals surface area (Å²) in [6.07, 6.45) is 0. The molecule has 1 aromatic carbocycles. The zero-order valence-electron chi connectivity index (χ0n) is 13.7. The zero-order chi connectivity index (χ0) is 15.2. The third kappa shape index (κ3) is 2.39. The smallest absolute Gasteiger partial charge is 0.113 e. The Morgan fingerprint density at radius 1 is 0.950 bits per heavy atom. The Morgan fingerprint density at radius 3 is 2.00 bits per heavy atom. The van der Waals surface area contributed by atoms with E-state index in [4.69, 9.17) is 0 Å². The lowest BCUT2D eigenvalue weighted by Crippen LogP contribution is -2.04. The second-order valence-corrected chi connectivity index (χ2v) is 8.37. The molecule has 0 amide bonds. The maximum atomic E-state index is 3.90. The van der Waals surface area contributed by atoms with E-state index in [0.717, 1.165) is 10.4 Å². The highest BCUT2D eigenvalue weighted by Gasteiger charge is 2.22. The summed E-state index contributed by atoms with van der Waals surface area (Å²) in [6.45, 7) is 13.8. The summed E-state index contributed by atoms with van der Waals surface area (Å²) >= 11 is 3.90. The van der Waals surface area contributed by atoms with Crippen molar-refractivity contribution in [2.45, 2.75) is 59.3 Å². The van der Waals surface area contributed by atoms with Crippen molar-refractivity contribution in [3.63, 3.8) is 0 Å². The van der Waals surface area contributed by atoms with Crippen LogP contribution in [0.5, 0.6) is 0 Å². The Morgan fingerprint density at radius 2 is 1.55 bits per heavy atom. The minimum atomic E-state index is 0.550. The van der Waals surface area contributed by atoms with Crippen LogP contribution in [-0.4, -0.2) is 14.6 Å². The van der Waals surface area contributed by atoms with Crippen LogP contribution in [0.15, 0.2) is 16.6 Å².